The highest BCUT2D eigenvalue weighted by Crippen LogP contribution is 2.26. The van der Waals surface area contributed by atoms with Crippen LogP contribution in [-0.2, 0) is 16.1 Å². The van der Waals surface area contributed by atoms with E-state index in [2.05, 4.69) is 30.3 Å². The maximum absolute atomic E-state index is 12.1. The van der Waals surface area contributed by atoms with Gasteiger partial charge in [-0.05, 0) is 38.5 Å². The molecule has 0 aliphatic carbocycles. The second-order valence-corrected chi connectivity index (χ2v) is 8.11. The zero-order valence-corrected chi connectivity index (χ0v) is 17.3. The molecule has 2 aliphatic rings. The second-order valence-electron chi connectivity index (χ2n) is 7.17. The summed E-state index contributed by atoms with van der Waals surface area (Å²) >= 11 is 1.30. The van der Waals surface area contributed by atoms with Crippen molar-refractivity contribution in [2.24, 2.45) is 0 Å². The molecule has 0 spiro atoms. The van der Waals surface area contributed by atoms with Crippen LogP contribution in [0.25, 0.3) is 0 Å². The first-order valence-electron chi connectivity index (χ1n) is 10.2. The molecular weight excluding hydrogens is 380 g/mol. The van der Waals surface area contributed by atoms with Crippen molar-refractivity contribution >= 4 is 29.6 Å². The maximum Gasteiger partial charge on any atom is 0.321 e. The first kappa shape index (κ1) is 20.9. The van der Waals surface area contributed by atoms with Gasteiger partial charge in [-0.1, -0.05) is 18.7 Å². The third-order valence-corrected chi connectivity index (χ3v) is 5.83. The molecule has 0 aromatic carbocycles. The van der Waals surface area contributed by atoms with Crippen LogP contribution in [0.2, 0.25) is 0 Å². The van der Waals surface area contributed by atoms with E-state index in [0.29, 0.717) is 18.2 Å². The molecule has 9 nitrogen and oxygen atoms in total. The molecule has 156 valence electrons. The maximum atomic E-state index is 12.1. The number of urea groups is 1. The van der Waals surface area contributed by atoms with Gasteiger partial charge in [-0.15, -0.1) is 10.2 Å². The van der Waals surface area contributed by atoms with E-state index in [9.17, 15) is 9.59 Å². The number of ether oxygens (including phenoxy) is 1. The molecule has 3 amide bonds. The molecule has 2 aliphatic heterocycles. The van der Waals surface area contributed by atoms with Gasteiger partial charge in [0.2, 0.25) is 11.9 Å². The number of hydrogen-bond acceptors (Lipinski definition) is 7. The van der Waals surface area contributed by atoms with Gasteiger partial charge in [0.15, 0.2) is 5.16 Å². The number of thioether (sulfide) groups is 1. The van der Waals surface area contributed by atoms with Crippen LogP contribution in [0.3, 0.4) is 0 Å². The van der Waals surface area contributed by atoms with Crippen molar-refractivity contribution < 1.29 is 14.3 Å². The van der Waals surface area contributed by atoms with E-state index in [1.54, 1.807) is 0 Å². The molecule has 3 heterocycles. The van der Waals surface area contributed by atoms with E-state index in [1.165, 1.54) is 18.2 Å². The molecule has 2 N–H and O–H groups in total. The summed E-state index contributed by atoms with van der Waals surface area (Å²) in [6.45, 7) is 5.95. The molecule has 1 aromatic heterocycles. The lowest BCUT2D eigenvalue weighted by Crippen LogP contribution is -2.40. The van der Waals surface area contributed by atoms with Gasteiger partial charge in [-0.25, -0.2) is 4.79 Å². The third kappa shape index (κ3) is 5.84. The van der Waals surface area contributed by atoms with Crippen molar-refractivity contribution in [2.75, 3.05) is 36.9 Å². The molecular formula is C18H30N6O3S. The first-order valence-corrected chi connectivity index (χ1v) is 11.2. The normalized spacial score (nSPS) is 19.6. The minimum atomic E-state index is -0.456. The van der Waals surface area contributed by atoms with E-state index in [0.717, 1.165) is 57.7 Å². The van der Waals surface area contributed by atoms with Gasteiger partial charge in [-0.2, -0.15) is 0 Å². The zero-order valence-electron chi connectivity index (χ0n) is 16.5. The summed E-state index contributed by atoms with van der Waals surface area (Å²) in [5.74, 6) is 0.631. The molecule has 2 saturated heterocycles. The van der Waals surface area contributed by atoms with Crippen LogP contribution < -0.4 is 15.5 Å². The number of anilines is 1. The van der Waals surface area contributed by atoms with E-state index >= 15 is 0 Å². The summed E-state index contributed by atoms with van der Waals surface area (Å²) in [6, 6.07) is -0.456. The number of carbonyl (C=O) groups excluding carboxylic acids is 2. The quantitative estimate of drug-likeness (QED) is 0.630. The Hall–Kier alpha value is -1.81. The molecule has 1 atom stereocenters. The average molecular weight is 411 g/mol. The fourth-order valence-electron chi connectivity index (χ4n) is 3.44. The van der Waals surface area contributed by atoms with Crippen LogP contribution in [0, 0.1) is 0 Å². The van der Waals surface area contributed by atoms with Gasteiger partial charge in [-0.3, -0.25) is 14.7 Å². The van der Waals surface area contributed by atoms with Crippen molar-refractivity contribution in [2.45, 2.75) is 63.3 Å². The predicted molar refractivity (Wildman–Crippen MR) is 108 cm³/mol. The van der Waals surface area contributed by atoms with Crippen LogP contribution in [0.5, 0.6) is 0 Å². The molecule has 3 rings (SSSR count). The molecule has 1 unspecified atom stereocenters. The lowest BCUT2D eigenvalue weighted by molar-refractivity contribution is -0.117. The summed E-state index contributed by atoms with van der Waals surface area (Å²) in [5.41, 5.74) is 0. The highest BCUT2D eigenvalue weighted by molar-refractivity contribution is 7.99. The SMILES string of the molecule is CCCNC(=O)NC(=O)CSc1nnc(N2CCCCC2)n1CC1CCCO1. The Morgan fingerprint density at radius 1 is 1.21 bits per heavy atom. The van der Waals surface area contributed by atoms with Gasteiger partial charge in [0, 0.05) is 26.2 Å². The highest BCUT2D eigenvalue weighted by atomic mass is 32.2. The molecule has 0 saturated carbocycles. The Balaban J connectivity index is 1.63. The number of amides is 3. The standard InChI is InChI=1S/C18H30N6O3S/c1-2-8-19-16(26)20-15(25)13-28-18-22-21-17(23-9-4-3-5-10-23)24(18)12-14-7-6-11-27-14/h14H,2-13H2,1H3,(H2,19,20,25,26). The lowest BCUT2D eigenvalue weighted by atomic mass is 10.1. The van der Waals surface area contributed by atoms with Crippen molar-refractivity contribution in [3.05, 3.63) is 0 Å². The van der Waals surface area contributed by atoms with Gasteiger partial charge in [0.1, 0.15) is 0 Å². The summed E-state index contributed by atoms with van der Waals surface area (Å²) in [6.07, 6.45) is 6.64. The van der Waals surface area contributed by atoms with Crippen LogP contribution in [0.4, 0.5) is 10.7 Å². The van der Waals surface area contributed by atoms with Gasteiger partial charge in [0.05, 0.1) is 18.4 Å². The third-order valence-electron chi connectivity index (χ3n) is 4.87. The van der Waals surface area contributed by atoms with Crippen LogP contribution >= 0.6 is 11.8 Å². The summed E-state index contributed by atoms with van der Waals surface area (Å²) in [7, 11) is 0. The number of hydrogen-bond donors (Lipinski definition) is 2. The minimum Gasteiger partial charge on any atom is -0.376 e. The van der Waals surface area contributed by atoms with Crippen LogP contribution in [0.1, 0.15) is 45.4 Å². The van der Waals surface area contributed by atoms with Crippen molar-refractivity contribution in [3.8, 4) is 0 Å². The molecule has 10 heteroatoms. The number of imide groups is 1. The minimum absolute atomic E-state index is 0.114. The van der Waals surface area contributed by atoms with Crippen molar-refractivity contribution in [1.82, 2.24) is 25.4 Å². The average Bonchev–Trinajstić information content (AvgIpc) is 3.36. The van der Waals surface area contributed by atoms with Crippen molar-refractivity contribution in [3.63, 3.8) is 0 Å². The van der Waals surface area contributed by atoms with Gasteiger partial charge in [0.25, 0.3) is 0 Å². The van der Waals surface area contributed by atoms with Crippen LogP contribution in [0.15, 0.2) is 5.16 Å². The molecule has 0 radical (unpaired) electrons. The lowest BCUT2D eigenvalue weighted by Gasteiger charge is -2.28. The number of nitrogens with one attached hydrogen (secondary N) is 2. The Bertz CT molecular complexity index is 656. The van der Waals surface area contributed by atoms with E-state index in [1.807, 2.05) is 6.92 Å². The molecule has 1 aromatic rings. The Labute approximate surface area is 170 Å². The Morgan fingerprint density at radius 3 is 2.75 bits per heavy atom. The smallest absolute Gasteiger partial charge is 0.321 e. The van der Waals surface area contributed by atoms with E-state index in [-0.39, 0.29) is 17.8 Å². The van der Waals surface area contributed by atoms with E-state index in [4.69, 9.17) is 4.74 Å². The van der Waals surface area contributed by atoms with E-state index < -0.39 is 6.03 Å². The number of piperidine rings is 1. The largest absolute Gasteiger partial charge is 0.376 e. The summed E-state index contributed by atoms with van der Waals surface area (Å²) in [4.78, 5) is 26.0. The number of nitrogens with zero attached hydrogens (tertiary/aromatic N) is 4. The van der Waals surface area contributed by atoms with Gasteiger partial charge >= 0.3 is 6.03 Å². The van der Waals surface area contributed by atoms with Crippen molar-refractivity contribution in [1.29, 1.82) is 0 Å². The van der Waals surface area contributed by atoms with Crippen LogP contribution in [-0.4, -0.2) is 64.8 Å². The Kier molecular flexibility index (Phi) is 7.96. The summed E-state index contributed by atoms with van der Waals surface area (Å²) in [5, 5.41) is 14.4. The predicted octanol–water partition coefficient (Wildman–Crippen LogP) is 1.78. The van der Waals surface area contributed by atoms with Gasteiger partial charge < -0.3 is 15.0 Å². The second kappa shape index (κ2) is 10.7. The fourth-order valence-corrected chi connectivity index (χ4v) is 4.19. The topological polar surface area (TPSA) is 101 Å². The highest BCUT2D eigenvalue weighted by Gasteiger charge is 2.25. The molecule has 28 heavy (non-hydrogen) atoms. The first-order chi connectivity index (χ1) is 13.7. The summed E-state index contributed by atoms with van der Waals surface area (Å²) < 4.78 is 7.88. The number of rotatable bonds is 8. The zero-order chi connectivity index (χ0) is 19.8. The molecule has 0 bridgehead atoms. The Morgan fingerprint density at radius 2 is 2.04 bits per heavy atom. The fraction of sp³-hybridized carbons (Fsp3) is 0.778. The number of aromatic nitrogens is 3. The monoisotopic (exact) mass is 410 g/mol. The number of carbonyl (C=O) groups is 2. The molecule has 2 fully saturated rings.